The smallest absolute Gasteiger partial charge is 0.161 e. The van der Waals surface area contributed by atoms with Gasteiger partial charge in [-0.15, -0.1) is 0 Å². The van der Waals surface area contributed by atoms with Crippen LogP contribution in [-0.2, 0) is 6.54 Å². The summed E-state index contributed by atoms with van der Waals surface area (Å²) in [7, 11) is 1.69. The van der Waals surface area contributed by atoms with Crippen LogP contribution in [0.3, 0.4) is 0 Å². The molecule has 1 rings (SSSR count). The topological polar surface area (TPSA) is 30.5 Å². The van der Waals surface area contributed by atoms with Crippen molar-refractivity contribution in [2.45, 2.75) is 52.5 Å². The van der Waals surface area contributed by atoms with E-state index in [1.54, 1.807) is 7.11 Å². The fourth-order valence-corrected chi connectivity index (χ4v) is 2.10. The van der Waals surface area contributed by atoms with Crippen molar-refractivity contribution in [1.29, 1.82) is 0 Å². The zero-order chi connectivity index (χ0) is 14.6. The molecule has 0 aromatic heterocycles. The zero-order valence-corrected chi connectivity index (χ0v) is 13.2. The Morgan fingerprint density at radius 1 is 1.00 bits per heavy atom. The van der Waals surface area contributed by atoms with Crippen LogP contribution >= 0.6 is 0 Å². The number of methoxy groups -OCH3 is 1. The number of hydrogen-bond donors (Lipinski definition) is 1. The lowest BCUT2D eigenvalue weighted by molar-refractivity contribution is 0.284. The molecule has 114 valence electrons. The molecule has 1 N–H and O–H groups in total. The summed E-state index contributed by atoms with van der Waals surface area (Å²) in [6, 6.07) is 6.14. The van der Waals surface area contributed by atoms with E-state index in [0.29, 0.717) is 0 Å². The Bertz CT molecular complexity index is 366. The van der Waals surface area contributed by atoms with Gasteiger partial charge in [-0.1, -0.05) is 45.6 Å². The summed E-state index contributed by atoms with van der Waals surface area (Å²) in [5.41, 5.74) is 1.23. The van der Waals surface area contributed by atoms with Crippen molar-refractivity contribution in [2.75, 3.05) is 20.3 Å². The molecule has 0 radical (unpaired) electrons. The van der Waals surface area contributed by atoms with Crippen molar-refractivity contribution < 1.29 is 9.47 Å². The molecule has 0 aliphatic carbocycles. The van der Waals surface area contributed by atoms with Crippen molar-refractivity contribution in [2.24, 2.45) is 0 Å². The van der Waals surface area contributed by atoms with Gasteiger partial charge in [0.15, 0.2) is 11.5 Å². The molecule has 0 heterocycles. The summed E-state index contributed by atoms with van der Waals surface area (Å²) >= 11 is 0. The zero-order valence-electron chi connectivity index (χ0n) is 13.2. The second-order valence-electron chi connectivity index (χ2n) is 5.03. The van der Waals surface area contributed by atoms with Crippen molar-refractivity contribution in [3.63, 3.8) is 0 Å². The Morgan fingerprint density at radius 2 is 1.80 bits per heavy atom. The molecule has 3 nitrogen and oxygen atoms in total. The van der Waals surface area contributed by atoms with Crippen LogP contribution in [0.15, 0.2) is 18.2 Å². The summed E-state index contributed by atoms with van der Waals surface area (Å²) in [5, 5.41) is 3.32. The molecule has 1 aromatic carbocycles. The maximum absolute atomic E-state index is 5.88. The first-order valence-corrected chi connectivity index (χ1v) is 7.82. The van der Waals surface area contributed by atoms with Gasteiger partial charge in [0, 0.05) is 6.54 Å². The van der Waals surface area contributed by atoms with E-state index in [-0.39, 0.29) is 0 Å². The predicted molar refractivity (Wildman–Crippen MR) is 84.6 cm³/mol. The van der Waals surface area contributed by atoms with Gasteiger partial charge in [-0.3, -0.25) is 0 Å². The van der Waals surface area contributed by atoms with Crippen LogP contribution in [0.2, 0.25) is 0 Å². The molecular formula is C17H29NO2. The largest absolute Gasteiger partial charge is 0.493 e. The van der Waals surface area contributed by atoms with Gasteiger partial charge < -0.3 is 14.8 Å². The first kappa shape index (κ1) is 16.8. The van der Waals surface area contributed by atoms with E-state index in [2.05, 4.69) is 31.3 Å². The molecule has 0 saturated carbocycles. The van der Waals surface area contributed by atoms with Crippen molar-refractivity contribution in [3.8, 4) is 11.5 Å². The molecule has 0 bridgehead atoms. The third-order valence-electron chi connectivity index (χ3n) is 3.31. The predicted octanol–water partition coefficient (Wildman–Crippen LogP) is 4.15. The number of ether oxygens (including phenoxy) is 2. The monoisotopic (exact) mass is 279 g/mol. The van der Waals surface area contributed by atoms with Gasteiger partial charge in [-0.25, -0.2) is 0 Å². The molecule has 3 heteroatoms. The molecule has 0 atom stereocenters. The average Bonchev–Trinajstić information content (AvgIpc) is 2.48. The van der Waals surface area contributed by atoms with Crippen LogP contribution in [0.5, 0.6) is 11.5 Å². The van der Waals surface area contributed by atoms with Gasteiger partial charge in [-0.2, -0.15) is 0 Å². The molecular weight excluding hydrogens is 250 g/mol. The van der Waals surface area contributed by atoms with Crippen molar-refractivity contribution in [1.82, 2.24) is 5.32 Å². The Labute approximate surface area is 123 Å². The molecule has 20 heavy (non-hydrogen) atoms. The van der Waals surface area contributed by atoms with Crippen LogP contribution in [0, 0.1) is 0 Å². The van der Waals surface area contributed by atoms with Gasteiger partial charge in [-0.05, 0) is 30.7 Å². The molecule has 0 saturated heterocycles. The average molecular weight is 279 g/mol. The van der Waals surface area contributed by atoms with E-state index in [4.69, 9.17) is 9.47 Å². The highest BCUT2D eigenvalue weighted by atomic mass is 16.5. The summed E-state index contributed by atoms with van der Waals surface area (Å²) in [6.07, 6.45) is 6.26. The van der Waals surface area contributed by atoms with Crippen molar-refractivity contribution in [3.05, 3.63) is 23.8 Å². The van der Waals surface area contributed by atoms with Crippen LogP contribution in [0.4, 0.5) is 0 Å². The van der Waals surface area contributed by atoms with Crippen molar-refractivity contribution >= 4 is 0 Å². The summed E-state index contributed by atoms with van der Waals surface area (Å²) in [4.78, 5) is 0. The quantitative estimate of drug-likeness (QED) is 0.617. The Kier molecular flexibility index (Phi) is 8.88. The Balaban J connectivity index is 2.44. The lowest BCUT2D eigenvalue weighted by Crippen LogP contribution is -2.11. The van der Waals surface area contributed by atoms with Crippen LogP contribution in [0.25, 0.3) is 0 Å². The normalized spacial score (nSPS) is 10.6. The molecule has 0 fully saturated rings. The maximum atomic E-state index is 5.88. The fraction of sp³-hybridized carbons (Fsp3) is 0.647. The minimum absolute atomic E-state index is 0.769. The minimum atomic E-state index is 0.769. The molecule has 0 spiro atoms. The van der Waals surface area contributed by atoms with Gasteiger partial charge in [0.2, 0.25) is 0 Å². The Hall–Kier alpha value is -1.22. The third kappa shape index (κ3) is 6.29. The minimum Gasteiger partial charge on any atom is -0.493 e. The molecule has 0 aliphatic heterocycles. The number of nitrogens with one attached hydrogen (secondary N) is 1. The van der Waals surface area contributed by atoms with E-state index >= 15 is 0 Å². The summed E-state index contributed by atoms with van der Waals surface area (Å²) in [6.45, 7) is 6.95. The van der Waals surface area contributed by atoms with E-state index in [0.717, 1.165) is 37.6 Å². The number of rotatable bonds is 11. The lowest BCUT2D eigenvalue weighted by Gasteiger charge is -2.12. The summed E-state index contributed by atoms with van der Waals surface area (Å²) in [5.74, 6) is 1.68. The van der Waals surface area contributed by atoms with Gasteiger partial charge in [0.1, 0.15) is 0 Å². The first-order chi connectivity index (χ1) is 9.81. The number of hydrogen-bond acceptors (Lipinski definition) is 3. The fourth-order valence-electron chi connectivity index (χ4n) is 2.10. The lowest BCUT2D eigenvalue weighted by atomic mass is 10.1. The van der Waals surface area contributed by atoms with E-state index < -0.39 is 0 Å². The second kappa shape index (κ2) is 10.6. The van der Waals surface area contributed by atoms with Crippen LogP contribution in [0.1, 0.15) is 51.5 Å². The van der Waals surface area contributed by atoms with Gasteiger partial charge >= 0.3 is 0 Å². The highest BCUT2D eigenvalue weighted by Crippen LogP contribution is 2.28. The van der Waals surface area contributed by atoms with Crippen LogP contribution in [-0.4, -0.2) is 20.3 Å². The highest BCUT2D eigenvalue weighted by Gasteiger charge is 2.05. The van der Waals surface area contributed by atoms with E-state index in [9.17, 15) is 0 Å². The maximum Gasteiger partial charge on any atom is 0.161 e. The summed E-state index contributed by atoms with van der Waals surface area (Å²) < 4.78 is 11.2. The SMILES string of the molecule is CCCCCCCOc1cc(CNCC)ccc1OC. The highest BCUT2D eigenvalue weighted by molar-refractivity contribution is 5.42. The standard InChI is InChI=1S/C17H29NO2/c1-4-6-7-8-9-12-20-17-13-15(14-18-5-2)10-11-16(17)19-3/h10-11,13,18H,4-9,12,14H2,1-3H3. The first-order valence-electron chi connectivity index (χ1n) is 7.82. The molecule has 1 aromatic rings. The van der Waals surface area contributed by atoms with E-state index in [1.165, 1.54) is 31.2 Å². The third-order valence-corrected chi connectivity index (χ3v) is 3.31. The Morgan fingerprint density at radius 3 is 2.50 bits per heavy atom. The number of unbranched alkanes of at least 4 members (excludes halogenated alkanes) is 4. The van der Waals surface area contributed by atoms with Crippen LogP contribution < -0.4 is 14.8 Å². The molecule has 0 aliphatic rings. The van der Waals surface area contributed by atoms with Gasteiger partial charge in [0.05, 0.1) is 13.7 Å². The second-order valence-corrected chi connectivity index (χ2v) is 5.03. The van der Waals surface area contributed by atoms with E-state index in [1.807, 2.05) is 6.07 Å². The van der Waals surface area contributed by atoms with Gasteiger partial charge in [0.25, 0.3) is 0 Å². The number of benzene rings is 1. The molecule has 0 amide bonds. The molecule has 0 unspecified atom stereocenters.